The van der Waals surface area contributed by atoms with E-state index in [2.05, 4.69) is 5.16 Å². The van der Waals surface area contributed by atoms with Crippen molar-refractivity contribution >= 4 is 17.9 Å². The number of rotatable bonds is 4. The SMILES string of the molecule is Cc1ccc(C(N)=NOC(=O)C=Cc2ccccc2)cc1. The molecule has 0 radical (unpaired) electrons. The minimum Gasteiger partial charge on any atom is -0.380 e. The number of carbonyl (C=O) groups is 1. The zero-order valence-corrected chi connectivity index (χ0v) is 11.7. The Morgan fingerprint density at radius 1 is 1.10 bits per heavy atom. The second-order valence-electron chi connectivity index (χ2n) is 4.50. The number of nitrogens with two attached hydrogens (primary N) is 1. The van der Waals surface area contributed by atoms with Gasteiger partial charge in [0.25, 0.3) is 0 Å². The molecule has 0 saturated heterocycles. The topological polar surface area (TPSA) is 64.7 Å². The van der Waals surface area contributed by atoms with Crippen LogP contribution in [-0.2, 0) is 9.63 Å². The van der Waals surface area contributed by atoms with E-state index in [1.54, 1.807) is 6.08 Å². The highest BCUT2D eigenvalue weighted by atomic mass is 16.7. The minimum atomic E-state index is -0.575. The van der Waals surface area contributed by atoms with Gasteiger partial charge in [-0.25, -0.2) is 4.79 Å². The Morgan fingerprint density at radius 2 is 1.76 bits per heavy atom. The summed E-state index contributed by atoms with van der Waals surface area (Å²) in [6.45, 7) is 1.98. The average molecular weight is 280 g/mol. The second kappa shape index (κ2) is 7.05. The van der Waals surface area contributed by atoms with Gasteiger partial charge in [-0.1, -0.05) is 65.3 Å². The molecule has 0 bridgehead atoms. The lowest BCUT2D eigenvalue weighted by atomic mass is 10.1. The van der Waals surface area contributed by atoms with Crippen molar-refractivity contribution in [1.82, 2.24) is 0 Å². The van der Waals surface area contributed by atoms with Gasteiger partial charge in [-0.2, -0.15) is 0 Å². The molecule has 106 valence electrons. The summed E-state index contributed by atoms with van der Waals surface area (Å²) >= 11 is 0. The smallest absolute Gasteiger partial charge is 0.358 e. The summed E-state index contributed by atoms with van der Waals surface area (Å²) in [5.74, 6) is -0.412. The van der Waals surface area contributed by atoms with Crippen molar-refractivity contribution in [2.75, 3.05) is 0 Å². The van der Waals surface area contributed by atoms with Crippen LogP contribution >= 0.6 is 0 Å². The number of amidine groups is 1. The van der Waals surface area contributed by atoms with Crippen LogP contribution in [0.5, 0.6) is 0 Å². The van der Waals surface area contributed by atoms with Crippen LogP contribution in [0.15, 0.2) is 65.8 Å². The van der Waals surface area contributed by atoms with Crippen LogP contribution in [0, 0.1) is 6.92 Å². The third-order valence-electron chi connectivity index (χ3n) is 2.79. The summed E-state index contributed by atoms with van der Waals surface area (Å²) in [5, 5.41) is 3.63. The van der Waals surface area contributed by atoms with Gasteiger partial charge in [-0.15, -0.1) is 0 Å². The van der Waals surface area contributed by atoms with E-state index >= 15 is 0 Å². The molecule has 0 heterocycles. The van der Waals surface area contributed by atoms with Crippen molar-refractivity contribution in [2.24, 2.45) is 10.9 Å². The van der Waals surface area contributed by atoms with Crippen molar-refractivity contribution in [1.29, 1.82) is 0 Å². The molecular weight excluding hydrogens is 264 g/mol. The molecule has 2 rings (SSSR count). The number of aryl methyl sites for hydroxylation is 1. The van der Waals surface area contributed by atoms with Gasteiger partial charge >= 0.3 is 5.97 Å². The van der Waals surface area contributed by atoms with Gasteiger partial charge in [-0.3, -0.25) is 0 Å². The quantitative estimate of drug-likeness (QED) is 0.308. The Kier molecular flexibility index (Phi) is 4.88. The highest BCUT2D eigenvalue weighted by Crippen LogP contribution is 2.04. The van der Waals surface area contributed by atoms with Crippen LogP contribution in [0.2, 0.25) is 0 Å². The number of benzene rings is 2. The molecule has 2 aromatic carbocycles. The Labute approximate surface area is 123 Å². The molecule has 2 N–H and O–H groups in total. The van der Waals surface area contributed by atoms with E-state index in [0.29, 0.717) is 5.56 Å². The second-order valence-corrected chi connectivity index (χ2v) is 4.50. The Balaban J connectivity index is 1.95. The van der Waals surface area contributed by atoms with Crippen LogP contribution in [0.3, 0.4) is 0 Å². The molecule has 0 spiro atoms. The van der Waals surface area contributed by atoms with Gasteiger partial charge in [-0.05, 0) is 18.6 Å². The number of oxime groups is 1. The van der Waals surface area contributed by atoms with Crippen molar-refractivity contribution in [3.05, 3.63) is 77.4 Å². The highest BCUT2D eigenvalue weighted by molar-refractivity contribution is 5.97. The van der Waals surface area contributed by atoms with E-state index in [1.807, 2.05) is 61.5 Å². The Morgan fingerprint density at radius 3 is 2.43 bits per heavy atom. The van der Waals surface area contributed by atoms with E-state index in [9.17, 15) is 4.79 Å². The molecule has 0 saturated carbocycles. The van der Waals surface area contributed by atoms with E-state index in [1.165, 1.54) is 6.08 Å². The van der Waals surface area contributed by atoms with E-state index in [4.69, 9.17) is 10.6 Å². The molecule has 0 atom stereocenters. The van der Waals surface area contributed by atoms with Crippen LogP contribution in [0.4, 0.5) is 0 Å². The zero-order valence-electron chi connectivity index (χ0n) is 11.7. The van der Waals surface area contributed by atoms with Crippen LogP contribution in [0.1, 0.15) is 16.7 Å². The molecular formula is C17H16N2O2. The lowest BCUT2D eigenvalue weighted by molar-refractivity contribution is -0.137. The fraction of sp³-hybridized carbons (Fsp3) is 0.0588. The lowest BCUT2D eigenvalue weighted by Gasteiger charge is -2.00. The highest BCUT2D eigenvalue weighted by Gasteiger charge is 2.01. The molecule has 0 aromatic heterocycles. The minimum absolute atomic E-state index is 0.163. The van der Waals surface area contributed by atoms with E-state index in [0.717, 1.165) is 11.1 Å². The average Bonchev–Trinajstić information content (AvgIpc) is 2.52. The molecule has 4 heteroatoms. The molecule has 4 nitrogen and oxygen atoms in total. The summed E-state index contributed by atoms with van der Waals surface area (Å²) in [4.78, 5) is 16.3. The normalized spacial score (nSPS) is 11.6. The standard InChI is InChI=1S/C17H16N2O2/c1-13-7-10-15(11-8-13)17(18)19-21-16(20)12-9-14-5-3-2-4-6-14/h2-12H,1H3,(H2,18,19). The molecule has 21 heavy (non-hydrogen) atoms. The summed E-state index contributed by atoms with van der Waals surface area (Å²) in [6.07, 6.45) is 2.96. The lowest BCUT2D eigenvalue weighted by Crippen LogP contribution is -2.14. The number of hydrogen-bond acceptors (Lipinski definition) is 3. The largest absolute Gasteiger partial charge is 0.380 e. The summed E-state index contributed by atoms with van der Waals surface area (Å²) in [5.41, 5.74) is 8.49. The maximum atomic E-state index is 11.5. The van der Waals surface area contributed by atoms with Gasteiger partial charge < -0.3 is 10.6 Å². The maximum Gasteiger partial charge on any atom is 0.358 e. The zero-order chi connectivity index (χ0) is 15.1. The molecule has 0 aliphatic carbocycles. The predicted octanol–water partition coefficient (Wildman–Crippen LogP) is 2.87. The maximum absolute atomic E-state index is 11.5. The first-order chi connectivity index (χ1) is 10.1. The Hall–Kier alpha value is -2.88. The van der Waals surface area contributed by atoms with Crippen molar-refractivity contribution in [2.45, 2.75) is 6.92 Å². The molecule has 0 unspecified atom stereocenters. The third kappa shape index (κ3) is 4.62. The predicted molar refractivity (Wildman–Crippen MR) is 83.5 cm³/mol. The van der Waals surface area contributed by atoms with Crippen LogP contribution in [-0.4, -0.2) is 11.8 Å². The monoisotopic (exact) mass is 280 g/mol. The van der Waals surface area contributed by atoms with Crippen LogP contribution < -0.4 is 5.73 Å². The van der Waals surface area contributed by atoms with Crippen molar-refractivity contribution in [3.8, 4) is 0 Å². The molecule has 2 aromatic rings. The first-order valence-electron chi connectivity index (χ1n) is 6.50. The number of carbonyl (C=O) groups excluding carboxylic acids is 1. The van der Waals surface area contributed by atoms with Gasteiger partial charge in [0.1, 0.15) is 0 Å². The Bertz CT molecular complexity index is 659. The molecule has 0 amide bonds. The first-order valence-corrected chi connectivity index (χ1v) is 6.50. The molecule has 0 fully saturated rings. The van der Waals surface area contributed by atoms with Crippen LogP contribution in [0.25, 0.3) is 6.08 Å². The van der Waals surface area contributed by atoms with Gasteiger partial charge in [0.2, 0.25) is 0 Å². The van der Waals surface area contributed by atoms with Gasteiger partial charge in [0, 0.05) is 11.6 Å². The fourth-order valence-electron chi connectivity index (χ4n) is 1.63. The van der Waals surface area contributed by atoms with Gasteiger partial charge in [0.15, 0.2) is 5.84 Å². The van der Waals surface area contributed by atoms with Crippen molar-refractivity contribution in [3.63, 3.8) is 0 Å². The number of hydrogen-bond donors (Lipinski definition) is 1. The molecule has 0 aliphatic heterocycles. The summed E-state index contributed by atoms with van der Waals surface area (Å²) in [7, 11) is 0. The van der Waals surface area contributed by atoms with Crippen molar-refractivity contribution < 1.29 is 9.63 Å². The van der Waals surface area contributed by atoms with E-state index in [-0.39, 0.29) is 5.84 Å². The fourth-order valence-corrected chi connectivity index (χ4v) is 1.63. The molecule has 0 aliphatic rings. The van der Waals surface area contributed by atoms with Gasteiger partial charge in [0.05, 0.1) is 0 Å². The summed E-state index contributed by atoms with van der Waals surface area (Å²) in [6, 6.07) is 16.9. The first kappa shape index (κ1) is 14.5. The number of nitrogens with zero attached hydrogens (tertiary/aromatic N) is 1. The summed E-state index contributed by atoms with van der Waals surface area (Å²) < 4.78 is 0. The third-order valence-corrected chi connectivity index (χ3v) is 2.79. The van der Waals surface area contributed by atoms with E-state index < -0.39 is 5.97 Å².